The Morgan fingerprint density at radius 1 is 1.50 bits per heavy atom. The third-order valence-corrected chi connectivity index (χ3v) is 2.49. The van der Waals surface area contributed by atoms with Crippen LogP contribution in [0.2, 0.25) is 0 Å². The van der Waals surface area contributed by atoms with Gasteiger partial charge in [0.15, 0.2) is 0 Å². The first kappa shape index (κ1) is 8.11. The van der Waals surface area contributed by atoms with Crippen LogP contribution in [0.1, 0.15) is 13.8 Å². The molecule has 0 aromatic carbocycles. The minimum Gasteiger partial charge on any atom is -0.243 e. The van der Waals surface area contributed by atoms with Crippen molar-refractivity contribution in [1.82, 2.24) is 4.31 Å². The number of rotatable bonds is 3. The molecule has 3 heteroatoms. The van der Waals surface area contributed by atoms with Gasteiger partial charge >= 0.3 is 0 Å². The Hall–Kier alpha value is 0.110. The zero-order valence-electron chi connectivity index (χ0n) is 5.68. The molecule has 0 spiro atoms. The fraction of sp³-hybridized carbons (Fsp3) is 1.00. The van der Waals surface area contributed by atoms with Crippen LogP contribution in [0.5, 0.6) is 0 Å². The highest BCUT2D eigenvalue weighted by Crippen LogP contribution is 1.87. The molecular formula is C5H13NOS. The lowest BCUT2D eigenvalue weighted by Gasteiger charge is -2.09. The standard InChI is InChI=1S/C5H13NOS/c1-4-6(3)8(7)5-2/h4-5H2,1-3H3. The largest absolute Gasteiger partial charge is 0.243 e. The molecule has 0 aromatic rings. The Labute approximate surface area is 53.5 Å². The van der Waals surface area contributed by atoms with E-state index in [0.717, 1.165) is 12.3 Å². The van der Waals surface area contributed by atoms with E-state index in [4.69, 9.17) is 0 Å². The van der Waals surface area contributed by atoms with E-state index in [9.17, 15) is 4.21 Å². The smallest absolute Gasteiger partial charge is 0.0936 e. The fourth-order valence-electron chi connectivity index (χ4n) is 0.364. The molecule has 0 N–H and O–H groups in total. The van der Waals surface area contributed by atoms with E-state index in [1.807, 2.05) is 25.2 Å². The van der Waals surface area contributed by atoms with Crippen molar-refractivity contribution in [2.24, 2.45) is 0 Å². The van der Waals surface area contributed by atoms with Crippen molar-refractivity contribution in [3.8, 4) is 0 Å². The van der Waals surface area contributed by atoms with E-state index < -0.39 is 11.0 Å². The molecule has 1 atom stereocenters. The molecule has 0 heterocycles. The summed E-state index contributed by atoms with van der Waals surface area (Å²) in [5.74, 6) is 0.727. The van der Waals surface area contributed by atoms with Crippen molar-refractivity contribution < 1.29 is 4.21 Å². The average Bonchev–Trinajstić information content (AvgIpc) is 1.84. The van der Waals surface area contributed by atoms with Gasteiger partial charge < -0.3 is 0 Å². The molecule has 1 unspecified atom stereocenters. The predicted octanol–water partition coefficient (Wildman–Crippen LogP) is 0.622. The van der Waals surface area contributed by atoms with Gasteiger partial charge in [-0.25, -0.2) is 8.51 Å². The lowest BCUT2D eigenvalue weighted by molar-refractivity contribution is 0.549. The van der Waals surface area contributed by atoms with Gasteiger partial charge in [0.2, 0.25) is 0 Å². The third kappa shape index (κ3) is 2.43. The summed E-state index contributed by atoms with van der Waals surface area (Å²) in [6.07, 6.45) is 0. The molecule has 0 aliphatic heterocycles. The number of hydrogen-bond acceptors (Lipinski definition) is 1. The molecule has 0 aliphatic rings. The topological polar surface area (TPSA) is 20.3 Å². The normalized spacial score (nSPS) is 14.5. The maximum atomic E-state index is 10.8. The number of nitrogens with zero attached hydrogens (tertiary/aromatic N) is 1. The van der Waals surface area contributed by atoms with E-state index in [-0.39, 0.29) is 0 Å². The van der Waals surface area contributed by atoms with Gasteiger partial charge in [-0.1, -0.05) is 13.8 Å². The maximum Gasteiger partial charge on any atom is 0.0936 e. The van der Waals surface area contributed by atoms with Crippen molar-refractivity contribution in [2.45, 2.75) is 13.8 Å². The van der Waals surface area contributed by atoms with Crippen LogP contribution >= 0.6 is 0 Å². The lowest BCUT2D eigenvalue weighted by Crippen LogP contribution is -2.21. The van der Waals surface area contributed by atoms with Crippen molar-refractivity contribution in [3.63, 3.8) is 0 Å². The number of hydrogen-bond donors (Lipinski definition) is 0. The first-order valence-corrected chi connectivity index (χ1v) is 4.09. The van der Waals surface area contributed by atoms with Crippen LogP contribution in [0.25, 0.3) is 0 Å². The SMILES string of the molecule is CCN(C)S(=O)CC. The van der Waals surface area contributed by atoms with Crippen molar-refractivity contribution in [3.05, 3.63) is 0 Å². The Morgan fingerprint density at radius 3 is 2.12 bits per heavy atom. The molecule has 50 valence electrons. The van der Waals surface area contributed by atoms with E-state index in [1.54, 1.807) is 0 Å². The monoisotopic (exact) mass is 135 g/mol. The van der Waals surface area contributed by atoms with Gasteiger partial charge in [0.25, 0.3) is 0 Å². The third-order valence-electron chi connectivity index (χ3n) is 1.04. The van der Waals surface area contributed by atoms with Gasteiger partial charge in [0.05, 0.1) is 11.0 Å². The van der Waals surface area contributed by atoms with Crippen molar-refractivity contribution >= 4 is 11.0 Å². The first-order chi connectivity index (χ1) is 3.72. The zero-order chi connectivity index (χ0) is 6.57. The van der Waals surface area contributed by atoms with Crippen LogP contribution in [0.15, 0.2) is 0 Å². The Morgan fingerprint density at radius 2 is 2.00 bits per heavy atom. The van der Waals surface area contributed by atoms with E-state index in [1.165, 1.54) is 0 Å². The fourth-order valence-corrected chi connectivity index (χ4v) is 1.09. The Kier molecular flexibility index (Phi) is 4.09. The van der Waals surface area contributed by atoms with Gasteiger partial charge in [-0.3, -0.25) is 0 Å². The second-order valence-electron chi connectivity index (χ2n) is 1.55. The van der Waals surface area contributed by atoms with Crippen LogP contribution in [0, 0.1) is 0 Å². The van der Waals surface area contributed by atoms with E-state index >= 15 is 0 Å². The van der Waals surface area contributed by atoms with Crippen LogP contribution < -0.4 is 0 Å². The minimum absolute atomic E-state index is 0.727. The van der Waals surface area contributed by atoms with Crippen molar-refractivity contribution in [1.29, 1.82) is 0 Å². The van der Waals surface area contributed by atoms with Gasteiger partial charge in [-0.15, -0.1) is 0 Å². The summed E-state index contributed by atoms with van der Waals surface area (Å²) in [6, 6.07) is 0. The molecule has 0 aromatic heterocycles. The van der Waals surface area contributed by atoms with Crippen LogP contribution in [0.3, 0.4) is 0 Å². The second kappa shape index (κ2) is 4.04. The first-order valence-electron chi connectivity index (χ1n) is 2.82. The van der Waals surface area contributed by atoms with Crippen LogP contribution in [-0.4, -0.2) is 27.9 Å². The second-order valence-corrected chi connectivity index (χ2v) is 3.40. The van der Waals surface area contributed by atoms with Gasteiger partial charge in [-0.05, 0) is 7.05 Å². The van der Waals surface area contributed by atoms with E-state index in [2.05, 4.69) is 0 Å². The highest BCUT2D eigenvalue weighted by atomic mass is 32.2. The summed E-state index contributed by atoms with van der Waals surface area (Å²) in [5.41, 5.74) is 0. The lowest BCUT2D eigenvalue weighted by atomic mass is 10.8. The molecule has 0 radical (unpaired) electrons. The average molecular weight is 135 g/mol. The Bertz CT molecular complexity index is 84.5. The summed E-state index contributed by atoms with van der Waals surface area (Å²) in [4.78, 5) is 0. The quantitative estimate of drug-likeness (QED) is 0.555. The molecule has 0 bridgehead atoms. The minimum atomic E-state index is -0.738. The molecule has 0 rings (SSSR count). The van der Waals surface area contributed by atoms with Crippen molar-refractivity contribution in [2.75, 3.05) is 19.3 Å². The highest BCUT2D eigenvalue weighted by Gasteiger charge is 1.98. The summed E-state index contributed by atoms with van der Waals surface area (Å²) < 4.78 is 12.6. The molecule has 8 heavy (non-hydrogen) atoms. The predicted molar refractivity (Wildman–Crippen MR) is 37.0 cm³/mol. The molecule has 2 nitrogen and oxygen atoms in total. The summed E-state index contributed by atoms with van der Waals surface area (Å²) in [7, 11) is 1.12. The van der Waals surface area contributed by atoms with Crippen LogP contribution in [-0.2, 0) is 11.0 Å². The molecule has 0 amide bonds. The Balaban J connectivity index is 3.46. The van der Waals surface area contributed by atoms with E-state index in [0.29, 0.717) is 0 Å². The summed E-state index contributed by atoms with van der Waals surface area (Å²) >= 11 is 0. The van der Waals surface area contributed by atoms with Gasteiger partial charge in [-0.2, -0.15) is 0 Å². The molecule has 0 saturated heterocycles. The molecule has 0 fully saturated rings. The maximum absolute atomic E-state index is 10.8. The molecular weight excluding hydrogens is 122 g/mol. The zero-order valence-corrected chi connectivity index (χ0v) is 6.49. The summed E-state index contributed by atoms with van der Waals surface area (Å²) in [6.45, 7) is 4.77. The van der Waals surface area contributed by atoms with Gasteiger partial charge in [0.1, 0.15) is 0 Å². The van der Waals surface area contributed by atoms with Crippen LogP contribution in [0.4, 0.5) is 0 Å². The molecule has 0 aliphatic carbocycles. The summed E-state index contributed by atoms with van der Waals surface area (Å²) in [5, 5.41) is 0. The highest BCUT2D eigenvalue weighted by molar-refractivity contribution is 7.82. The van der Waals surface area contributed by atoms with Gasteiger partial charge in [0, 0.05) is 12.3 Å². The molecule has 0 saturated carbocycles.